The molecule has 2 rings (SSSR count). The predicted molar refractivity (Wildman–Crippen MR) is 70.3 cm³/mol. The quantitative estimate of drug-likeness (QED) is 0.395. The van der Waals surface area contributed by atoms with E-state index >= 15 is 0 Å². The third-order valence-electron chi connectivity index (χ3n) is 2.75. The minimum Gasteiger partial charge on any atom is -0.409 e. The number of oxime groups is 1. The van der Waals surface area contributed by atoms with Crippen LogP contribution in [-0.2, 0) is 12.7 Å². The first-order valence-electron chi connectivity index (χ1n) is 5.67. The fraction of sp³-hybridized carbons (Fsp3) is 0.167. The van der Waals surface area contributed by atoms with E-state index in [9.17, 15) is 13.2 Å². The fourth-order valence-electron chi connectivity index (χ4n) is 1.66. The van der Waals surface area contributed by atoms with E-state index in [4.69, 9.17) is 22.5 Å². The lowest BCUT2D eigenvalue weighted by Crippen LogP contribution is -2.13. The number of nitrogens with two attached hydrogens (primary N) is 1. The van der Waals surface area contributed by atoms with E-state index in [1.54, 1.807) is 12.1 Å². The number of rotatable bonds is 3. The molecule has 0 radical (unpaired) electrons. The van der Waals surface area contributed by atoms with Crippen LogP contribution >= 0.6 is 11.6 Å². The van der Waals surface area contributed by atoms with Crippen molar-refractivity contribution >= 4 is 17.4 Å². The molecule has 2 aromatic rings. The van der Waals surface area contributed by atoms with Gasteiger partial charge in [-0.1, -0.05) is 28.9 Å². The molecule has 0 spiro atoms. The average Bonchev–Trinajstić information content (AvgIpc) is 2.88. The molecule has 1 aromatic carbocycles. The maximum absolute atomic E-state index is 12.5. The van der Waals surface area contributed by atoms with Gasteiger partial charge in [-0.3, -0.25) is 4.68 Å². The Hall–Kier alpha value is -2.22. The Morgan fingerprint density at radius 1 is 1.43 bits per heavy atom. The molecule has 0 aliphatic rings. The summed E-state index contributed by atoms with van der Waals surface area (Å²) in [6.07, 6.45) is -2.79. The molecule has 112 valence electrons. The van der Waals surface area contributed by atoms with E-state index in [0.29, 0.717) is 11.1 Å². The van der Waals surface area contributed by atoms with Crippen LogP contribution < -0.4 is 5.73 Å². The second-order valence-electron chi connectivity index (χ2n) is 4.22. The molecule has 3 N–H and O–H groups in total. The molecule has 0 unspecified atom stereocenters. The average molecular weight is 319 g/mol. The molecule has 1 aromatic heterocycles. The Morgan fingerprint density at radius 2 is 2.14 bits per heavy atom. The van der Waals surface area contributed by atoms with E-state index < -0.39 is 11.7 Å². The van der Waals surface area contributed by atoms with E-state index in [2.05, 4.69) is 10.3 Å². The largest absolute Gasteiger partial charge is 0.419 e. The molecule has 0 aliphatic carbocycles. The topological polar surface area (TPSA) is 76.4 Å². The highest BCUT2D eigenvalue weighted by Gasteiger charge is 2.32. The van der Waals surface area contributed by atoms with Crippen molar-refractivity contribution in [3.05, 3.63) is 52.3 Å². The fourth-order valence-corrected chi connectivity index (χ4v) is 1.90. The van der Waals surface area contributed by atoms with E-state index in [0.717, 1.165) is 17.1 Å². The zero-order chi connectivity index (χ0) is 15.6. The summed E-state index contributed by atoms with van der Waals surface area (Å²) in [5.74, 6) is -0.109. The van der Waals surface area contributed by atoms with Gasteiger partial charge in [0.05, 0.1) is 18.3 Å². The van der Waals surface area contributed by atoms with Crippen LogP contribution in [0.1, 0.15) is 16.7 Å². The van der Waals surface area contributed by atoms with Crippen molar-refractivity contribution in [3.63, 3.8) is 0 Å². The third kappa shape index (κ3) is 3.46. The Labute approximate surface area is 122 Å². The number of amidine groups is 1. The second kappa shape index (κ2) is 5.65. The molecular weight excluding hydrogens is 309 g/mol. The van der Waals surface area contributed by atoms with Crippen LogP contribution in [0.2, 0.25) is 5.02 Å². The zero-order valence-corrected chi connectivity index (χ0v) is 11.2. The summed E-state index contributed by atoms with van der Waals surface area (Å²) in [6.45, 7) is 0.0748. The lowest BCUT2D eigenvalue weighted by molar-refractivity contribution is -0.137. The highest BCUT2D eigenvalue weighted by atomic mass is 35.5. The van der Waals surface area contributed by atoms with Gasteiger partial charge in [-0.15, -0.1) is 0 Å². The molecule has 0 amide bonds. The monoisotopic (exact) mass is 318 g/mol. The second-order valence-corrected chi connectivity index (χ2v) is 4.62. The Kier molecular flexibility index (Phi) is 4.08. The van der Waals surface area contributed by atoms with Crippen LogP contribution in [0.5, 0.6) is 0 Å². The third-order valence-corrected chi connectivity index (χ3v) is 3.10. The van der Waals surface area contributed by atoms with E-state index in [1.807, 2.05) is 0 Å². The molecule has 0 atom stereocenters. The van der Waals surface area contributed by atoms with Gasteiger partial charge < -0.3 is 10.9 Å². The maximum Gasteiger partial charge on any atom is 0.419 e. The first kappa shape index (κ1) is 15.2. The number of aromatic nitrogens is 2. The Morgan fingerprint density at radius 3 is 2.67 bits per heavy atom. The highest BCUT2D eigenvalue weighted by Crippen LogP contribution is 2.28. The molecule has 1 heterocycles. The van der Waals surface area contributed by atoms with Gasteiger partial charge in [0.1, 0.15) is 0 Å². The number of alkyl halides is 3. The minimum absolute atomic E-state index is 0.0748. The Balaban J connectivity index is 2.22. The normalized spacial score (nSPS) is 12.7. The van der Waals surface area contributed by atoms with Gasteiger partial charge in [0, 0.05) is 16.8 Å². The number of benzene rings is 1. The zero-order valence-electron chi connectivity index (χ0n) is 10.5. The number of hydrogen-bond acceptors (Lipinski definition) is 3. The van der Waals surface area contributed by atoms with Gasteiger partial charge in [-0.25, -0.2) is 0 Å². The standard InChI is InChI=1S/C12H10ClF3N4O/c13-10-3-7(11(17)19-21)1-2-8(10)5-20-6-9(4-18-20)12(14,15)16/h1-4,6,21H,5H2,(H2,17,19). The summed E-state index contributed by atoms with van der Waals surface area (Å²) >= 11 is 6.02. The summed E-state index contributed by atoms with van der Waals surface area (Å²) in [4.78, 5) is 0. The van der Waals surface area contributed by atoms with Gasteiger partial charge in [0.25, 0.3) is 0 Å². The first-order chi connectivity index (χ1) is 9.81. The molecule has 0 bridgehead atoms. The SMILES string of the molecule is N/C(=N/O)c1ccc(Cn2cc(C(F)(F)F)cn2)c(Cl)c1. The van der Waals surface area contributed by atoms with Crippen molar-refractivity contribution in [1.82, 2.24) is 9.78 Å². The van der Waals surface area contributed by atoms with E-state index in [-0.39, 0.29) is 17.4 Å². The number of hydrogen-bond donors (Lipinski definition) is 2. The molecule has 0 saturated carbocycles. The molecule has 21 heavy (non-hydrogen) atoms. The van der Waals surface area contributed by atoms with Crippen LogP contribution in [-0.4, -0.2) is 20.8 Å². The predicted octanol–water partition coefficient (Wildman–Crippen LogP) is 2.70. The first-order valence-corrected chi connectivity index (χ1v) is 6.05. The van der Waals surface area contributed by atoms with Crippen molar-refractivity contribution in [3.8, 4) is 0 Å². The maximum atomic E-state index is 12.5. The molecule has 9 heteroatoms. The van der Waals surface area contributed by atoms with Gasteiger partial charge in [0.15, 0.2) is 5.84 Å². The highest BCUT2D eigenvalue weighted by molar-refractivity contribution is 6.31. The van der Waals surface area contributed by atoms with Crippen LogP contribution in [0.15, 0.2) is 35.7 Å². The van der Waals surface area contributed by atoms with Gasteiger partial charge in [-0.05, 0) is 11.6 Å². The van der Waals surface area contributed by atoms with Crippen LogP contribution in [0.3, 0.4) is 0 Å². The van der Waals surface area contributed by atoms with Crippen molar-refractivity contribution < 1.29 is 18.4 Å². The van der Waals surface area contributed by atoms with Crippen molar-refractivity contribution in [1.29, 1.82) is 0 Å². The van der Waals surface area contributed by atoms with Gasteiger partial charge >= 0.3 is 6.18 Å². The lowest BCUT2D eigenvalue weighted by atomic mass is 10.1. The van der Waals surface area contributed by atoms with Crippen molar-refractivity contribution in [2.24, 2.45) is 10.9 Å². The smallest absolute Gasteiger partial charge is 0.409 e. The minimum atomic E-state index is -4.43. The summed E-state index contributed by atoms with van der Waals surface area (Å²) in [7, 11) is 0. The summed E-state index contributed by atoms with van der Waals surface area (Å²) in [6, 6.07) is 4.58. The molecule has 5 nitrogen and oxygen atoms in total. The summed E-state index contributed by atoms with van der Waals surface area (Å²) in [5.41, 5.74) is 5.55. The van der Waals surface area contributed by atoms with Crippen molar-refractivity contribution in [2.75, 3.05) is 0 Å². The molecule has 0 aliphatic heterocycles. The molecule has 0 saturated heterocycles. The van der Waals surface area contributed by atoms with Gasteiger partial charge in [-0.2, -0.15) is 18.3 Å². The van der Waals surface area contributed by atoms with Gasteiger partial charge in [0.2, 0.25) is 0 Å². The summed E-state index contributed by atoms with van der Waals surface area (Å²) in [5, 5.41) is 15.3. The Bertz CT molecular complexity index is 681. The van der Waals surface area contributed by atoms with Crippen LogP contribution in [0.25, 0.3) is 0 Å². The summed E-state index contributed by atoms with van der Waals surface area (Å²) < 4.78 is 38.5. The lowest BCUT2D eigenvalue weighted by Gasteiger charge is -2.07. The van der Waals surface area contributed by atoms with E-state index in [1.165, 1.54) is 6.07 Å². The van der Waals surface area contributed by atoms with Crippen LogP contribution in [0.4, 0.5) is 13.2 Å². The number of nitrogens with zero attached hydrogens (tertiary/aromatic N) is 3. The van der Waals surface area contributed by atoms with Crippen LogP contribution in [0, 0.1) is 0 Å². The molecular formula is C12H10ClF3N4O. The molecule has 0 fully saturated rings. The van der Waals surface area contributed by atoms with Crippen molar-refractivity contribution in [2.45, 2.75) is 12.7 Å². The number of halogens is 4.